The zero-order valence-electron chi connectivity index (χ0n) is 14.2. The highest BCUT2D eigenvalue weighted by Crippen LogP contribution is 2.38. The summed E-state index contributed by atoms with van der Waals surface area (Å²) in [6, 6.07) is 0.574. The van der Waals surface area contributed by atoms with E-state index in [0.29, 0.717) is 12.0 Å². The van der Waals surface area contributed by atoms with Crippen molar-refractivity contribution in [3.63, 3.8) is 0 Å². The highest BCUT2D eigenvalue weighted by Gasteiger charge is 2.30. The lowest BCUT2D eigenvalue weighted by Gasteiger charge is -2.39. The van der Waals surface area contributed by atoms with Crippen LogP contribution in [0.1, 0.15) is 44.3 Å². The number of ether oxygens (including phenoxy) is 1. The SMILES string of the molecule is CCOCCN1CCN(Cc2nnc(C3CC3)n2C)C[C@@H]1C. The van der Waals surface area contributed by atoms with Gasteiger partial charge in [0.15, 0.2) is 0 Å². The van der Waals surface area contributed by atoms with E-state index in [-0.39, 0.29) is 0 Å². The van der Waals surface area contributed by atoms with Crippen molar-refractivity contribution in [1.29, 1.82) is 0 Å². The molecule has 1 aromatic heterocycles. The first-order valence-electron chi connectivity index (χ1n) is 8.61. The van der Waals surface area contributed by atoms with E-state index in [0.717, 1.165) is 51.8 Å². The van der Waals surface area contributed by atoms with Crippen LogP contribution in [-0.2, 0) is 18.3 Å². The average molecular weight is 307 g/mol. The maximum absolute atomic E-state index is 5.48. The second-order valence-corrected chi connectivity index (χ2v) is 6.62. The van der Waals surface area contributed by atoms with Crippen molar-refractivity contribution < 1.29 is 4.74 Å². The van der Waals surface area contributed by atoms with Crippen LogP contribution in [-0.4, -0.2) is 70.0 Å². The topological polar surface area (TPSA) is 46.4 Å². The maximum atomic E-state index is 5.48. The molecule has 2 fully saturated rings. The van der Waals surface area contributed by atoms with E-state index in [1.54, 1.807) is 0 Å². The minimum absolute atomic E-state index is 0.574. The number of rotatable bonds is 7. The van der Waals surface area contributed by atoms with Crippen LogP contribution in [0.5, 0.6) is 0 Å². The third-order valence-corrected chi connectivity index (χ3v) is 4.88. The molecule has 1 atom stereocenters. The third-order valence-electron chi connectivity index (χ3n) is 4.88. The van der Waals surface area contributed by atoms with E-state index in [1.807, 2.05) is 0 Å². The lowest BCUT2D eigenvalue weighted by molar-refractivity contribution is 0.0454. The van der Waals surface area contributed by atoms with E-state index in [9.17, 15) is 0 Å². The Morgan fingerprint density at radius 2 is 2.05 bits per heavy atom. The van der Waals surface area contributed by atoms with Gasteiger partial charge < -0.3 is 9.30 Å². The summed E-state index contributed by atoms with van der Waals surface area (Å²) in [4.78, 5) is 5.03. The summed E-state index contributed by atoms with van der Waals surface area (Å²) < 4.78 is 7.69. The smallest absolute Gasteiger partial charge is 0.146 e. The average Bonchev–Trinajstić information content (AvgIpc) is 3.28. The second-order valence-electron chi connectivity index (χ2n) is 6.62. The van der Waals surface area contributed by atoms with Gasteiger partial charge in [0.2, 0.25) is 0 Å². The van der Waals surface area contributed by atoms with Crippen molar-refractivity contribution in [2.24, 2.45) is 7.05 Å². The Bertz CT molecular complexity index is 485. The van der Waals surface area contributed by atoms with Crippen LogP contribution in [0.25, 0.3) is 0 Å². The van der Waals surface area contributed by atoms with Gasteiger partial charge in [-0.2, -0.15) is 0 Å². The fourth-order valence-electron chi connectivity index (χ4n) is 3.28. The Morgan fingerprint density at radius 1 is 1.23 bits per heavy atom. The summed E-state index contributed by atoms with van der Waals surface area (Å²) in [6.07, 6.45) is 2.56. The van der Waals surface area contributed by atoms with Gasteiger partial charge in [0, 0.05) is 51.8 Å². The Kier molecular flexibility index (Phi) is 5.10. The van der Waals surface area contributed by atoms with E-state index < -0.39 is 0 Å². The Labute approximate surface area is 133 Å². The molecule has 0 bridgehead atoms. The van der Waals surface area contributed by atoms with Crippen LogP contribution in [0.2, 0.25) is 0 Å². The summed E-state index contributed by atoms with van der Waals surface area (Å²) in [7, 11) is 2.12. The molecular formula is C16H29N5O. The largest absolute Gasteiger partial charge is 0.380 e. The predicted molar refractivity (Wildman–Crippen MR) is 85.8 cm³/mol. The summed E-state index contributed by atoms with van der Waals surface area (Å²) in [5.74, 6) is 2.95. The molecule has 2 heterocycles. The number of hydrogen-bond donors (Lipinski definition) is 0. The first-order valence-corrected chi connectivity index (χ1v) is 8.61. The summed E-state index contributed by atoms with van der Waals surface area (Å²) in [5, 5.41) is 8.80. The fourth-order valence-corrected chi connectivity index (χ4v) is 3.28. The normalized spacial score (nSPS) is 24.0. The Balaban J connectivity index is 1.50. The minimum atomic E-state index is 0.574. The zero-order chi connectivity index (χ0) is 15.5. The molecule has 3 rings (SSSR count). The third kappa shape index (κ3) is 3.67. The fraction of sp³-hybridized carbons (Fsp3) is 0.875. The molecule has 22 heavy (non-hydrogen) atoms. The van der Waals surface area contributed by atoms with Gasteiger partial charge in [-0.1, -0.05) is 0 Å². The molecule has 0 radical (unpaired) electrons. The van der Waals surface area contributed by atoms with Gasteiger partial charge >= 0.3 is 0 Å². The molecule has 2 aliphatic rings. The van der Waals surface area contributed by atoms with Crippen LogP contribution in [0, 0.1) is 0 Å². The maximum Gasteiger partial charge on any atom is 0.146 e. The Morgan fingerprint density at radius 3 is 2.73 bits per heavy atom. The molecule has 0 spiro atoms. The van der Waals surface area contributed by atoms with E-state index >= 15 is 0 Å². The van der Waals surface area contributed by atoms with Crippen LogP contribution in [0.4, 0.5) is 0 Å². The highest BCUT2D eigenvalue weighted by molar-refractivity contribution is 5.07. The van der Waals surface area contributed by atoms with Gasteiger partial charge in [-0.15, -0.1) is 10.2 Å². The quantitative estimate of drug-likeness (QED) is 0.709. The van der Waals surface area contributed by atoms with Gasteiger partial charge in [-0.25, -0.2) is 0 Å². The molecule has 0 amide bonds. The van der Waals surface area contributed by atoms with Crippen LogP contribution >= 0.6 is 0 Å². The monoisotopic (exact) mass is 307 g/mol. The summed E-state index contributed by atoms with van der Waals surface area (Å²) >= 11 is 0. The number of nitrogens with zero attached hydrogens (tertiary/aromatic N) is 5. The van der Waals surface area contributed by atoms with Gasteiger partial charge in [0.1, 0.15) is 11.6 Å². The molecule has 0 N–H and O–H groups in total. The highest BCUT2D eigenvalue weighted by atomic mass is 16.5. The first-order chi connectivity index (χ1) is 10.7. The number of aromatic nitrogens is 3. The van der Waals surface area contributed by atoms with Crippen molar-refractivity contribution in [1.82, 2.24) is 24.6 Å². The van der Waals surface area contributed by atoms with Gasteiger partial charge in [-0.3, -0.25) is 9.80 Å². The van der Waals surface area contributed by atoms with E-state index in [4.69, 9.17) is 4.74 Å². The molecule has 0 unspecified atom stereocenters. The lowest BCUT2D eigenvalue weighted by atomic mass is 10.2. The van der Waals surface area contributed by atoms with Crippen LogP contribution < -0.4 is 0 Å². The van der Waals surface area contributed by atoms with Crippen molar-refractivity contribution in [3.8, 4) is 0 Å². The molecule has 1 aromatic rings. The standard InChI is InChI=1S/C16H29N5O/c1-4-22-10-9-21-8-7-20(11-13(21)2)12-15-17-18-16(19(15)3)14-5-6-14/h13-14H,4-12H2,1-3H3/t13-/m0/s1. The molecule has 1 saturated heterocycles. The lowest BCUT2D eigenvalue weighted by Crippen LogP contribution is -2.52. The minimum Gasteiger partial charge on any atom is -0.380 e. The summed E-state index contributed by atoms with van der Waals surface area (Å²) in [5.41, 5.74) is 0. The number of hydrogen-bond acceptors (Lipinski definition) is 5. The zero-order valence-corrected chi connectivity index (χ0v) is 14.2. The van der Waals surface area contributed by atoms with E-state index in [1.165, 1.54) is 18.7 Å². The molecule has 6 nitrogen and oxygen atoms in total. The molecule has 1 aliphatic heterocycles. The molecular weight excluding hydrogens is 278 g/mol. The van der Waals surface area contributed by atoms with E-state index in [2.05, 4.69) is 45.5 Å². The Hall–Kier alpha value is -0.980. The predicted octanol–water partition coefficient (Wildman–Crippen LogP) is 1.24. The first kappa shape index (κ1) is 15.9. The molecule has 1 saturated carbocycles. The number of piperazine rings is 1. The van der Waals surface area contributed by atoms with Crippen molar-refractivity contribution >= 4 is 0 Å². The van der Waals surface area contributed by atoms with Crippen LogP contribution in [0.15, 0.2) is 0 Å². The van der Waals surface area contributed by atoms with Crippen molar-refractivity contribution in [3.05, 3.63) is 11.6 Å². The second kappa shape index (κ2) is 7.06. The van der Waals surface area contributed by atoms with Crippen molar-refractivity contribution in [2.45, 2.75) is 45.2 Å². The molecule has 0 aromatic carbocycles. The molecule has 124 valence electrons. The van der Waals surface area contributed by atoms with Gasteiger partial charge in [0.25, 0.3) is 0 Å². The van der Waals surface area contributed by atoms with Gasteiger partial charge in [0.05, 0.1) is 13.2 Å². The van der Waals surface area contributed by atoms with Gasteiger partial charge in [-0.05, 0) is 26.7 Å². The summed E-state index contributed by atoms with van der Waals surface area (Å²) in [6.45, 7) is 11.3. The van der Waals surface area contributed by atoms with Crippen molar-refractivity contribution in [2.75, 3.05) is 39.4 Å². The molecule has 6 heteroatoms. The van der Waals surface area contributed by atoms with Crippen LogP contribution in [0.3, 0.4) is 0 Å². The molecule has 1 aliphatic carbocycles.